The molecule has 0 radical (unpaired) electrons. The molecule has 0 aliphatic carbocycles. The van der Waals surface area contributed by atoms with Crippen molar-refractivity contribution >= 4 is 35.2 Å². The molecule has 1 heterocycles. The molecule has 2 rings (SSSR count). The smallest absolute Gasteiger partial charge is 0.338 e. The highest BCUT2D eigenvalue weighted by Gasteiger charge is 2.20. The molecule has 0 saturated carbocycles. The number of thioether (sulfide) groups is 1. The summed E-state index contributed by atoms with van der Waals surface area (Å²) in [5, 5.41) is 2.67. The third-order valence-corrected chi connectivity index (χ3v) is 3.61. The van der Waals surface area contributed by atoms with Gasteiger partial charge in [0.1, 0.15) is 0 Å². The van der Waals surface area contributed by atoms with Gasteiger partial charge in [-0.05, 0) is 25.1 Å². The van der Waals surface area contributed by atoms with E-state index in [4.69, 9.17) is 10.5 Å². The third kappa shape index (κ3) is 3.05. The Hall–Kier alpha value is -2.02. The maximum atomic E-state index is 11.8. The zero-order valence-corrected chi connectivity index (χ0v) is 11.0. The summed E-state index contributed by atoms with van der Waals surface area (Å²) < 4.78 is 4.88. The van der Waals surface area contributed by atoms with Crippen LogP contribution in [-0.4, -0.2) is 29.6 Å². The van der Waals surface area contributed by atoms with Crippen LogP contribution in [0.4, 0.5) is 5.69 Å². The number of esters is 1. The van der Waals surface area contributed by atoms with E-state index < -0.39 is 18.0 Å². The summed E-state index contributed by atoms with van der Waals surface area (Å²) in [7, 11) is 0. The Balaban J connectivity index is 2.17. The van der Waals surface area contributed by atoms with Gasteiger partial charge >= 0.3 is 5.97 Å². The van der Waals surface area contributed by atoms with Crippen molar-refractivity contribution < 1.29 is 19.1 Å². The van der Waals surface area contributed by atoms with Crippen molar-refractivity contribution in [2.45, 2.75) is 17.9 Å². The van der Waals surface area contributed by atoms with Gasteiger partial charge in [-0.1, -0.05) is 0 Å². The minimum absolute atomic E-state index is 0.117. The van der Waals surface area contributed by atoms with Crippen molar-refractivity contribution in [3.8, 4) is 0 Å². The molecule has 100 valence electrons. The fourth-order valence-electron chi connectivity index (χ4n) is 1.50. The highest BCUT2D eigenvalue weighted by Crippen LogP contribution is 2.32. The molecular formula is C12H12N2O4S. The molecule has 1 aliphatic rings. The second kappa shape index (κ2) is 5.31. The first-order valence-electron chi connectivity index (χ1n) is 5.54. The lowest BCUT2D eigenvalue weighted by Gasteiger charge is -2.17. The number of carbonyl (C=O) groups is 3. The van der Waals surface area contributed by atoms with Crippen LogP contribution in [0.2, 0.25) is 0 Å². The number of primary amides is 1. The molecule has 0 fully saturated rings. The van der Waals surface area contributed by atoms with Crippen LogP contribution in [0.5, 0.6) is 0 Å². The quantitative estimate of drug-likeness (QED) is 0.796. The molecule has 3 N–H and O–H groups in total. The number of fused-ring (bicyclic) bond motifs is 1. The Labute approximate surface area is 113 Å². The molecule has 6 nitrogen and oxygen atoms in total. The minimum atomic E-state index is -0.993. The number of nitrogens with two attached hydrogens (primary N) is 1. The van der Waals surface area contributed by atoms with Gasteiger partial charge in [-0.15, -0.1) is 11.8 Å². The van der Waals surface area contributed by atoms with E-state index in [1.807, 2.05) is 0 Å². The van der Waals surface area contributed by atoms with E-state index in [9.17, 15) is 14.4 Å². The zero-order valence-electron chi connectivity index (χ0n) is 10.1. The predicted molar refractivity (Wildman–Crippen MR) is 69.9 cm³/mol. The summed E-state index contributed by atoms with van der Waals surface area (Å²) in [5.74, 6) is -1.13. The molecule has 0 unspecified atom stereocenters. The van der Waals surface area contributed by atoms with Crippen molar-refractivity contribution in [2.75, 3.05) is 11.1 Å². The van der Waals surface area contributed by atoms with Crippen LogP contribution < -0.4 is 11.1 Å². The van der Waals surface area contributed by atoms with E-state index in [1.165, 1.54) is 24.8 Å². The fourth-order valence-corrected chi connectivity index (χ4v) is 2.29. The second-order valence-electron chi connectivity index (χ2n) is 4.00. The Morgan fingerprint density at radius 2 is 2.21 bits per heavy atom. The molecule has 1 aliphatic heterocycles. The molecule has 0 aromatic heterocycles. The van der Waals surface area contributed by atoms with Crippen molar-refractivity contribution in [1.82, 2.24) is 0 Å². The summed E-state index contributed by atoms with van der Waals surface area (Å²) >= 11 is 1.40. The van der Waals surface area contributed by atoms with E-state index in [0.717, 1.165) is 4.90 Å². The maximum absolute atomic E-state index is 11.8. The summed E-state index contributed by atoms with van der Waals surface area (Å²) in [5.41, 5.74) is 5.85. The Kier molecular flexibility index (Phi) is 3.75. The maximum Gasteiger partial charge on any atom is 0.338 e. The molecule has 1 atom stereocenters. The van der Waals surface area contributed by atoms with Crippen LogP contribution in [0.1, 0.15) is 17.3 Å². The zero-order chi connectivity index (χ0) is 14.0. The lowest BCUT2D eigenvalue weighted by Crippen LogP contribution is -2.30. The molecule has 0 spiro atoms. The van der Waals surface area contributed by atoms with Crippen LogP contribution in [-0.2, 0) is 14.3 Å². The highest BCUT2D eigenvalue weighted by atomic mass is 32.2. The van der Waals surface area contributed by atoms with E-state index in [2.05, 4.69) is 5.32 Å². The highest BCUT2D eigenvalue weighted by molar-refractivity contribution is 8.00. The van der Waals surface area contributed by atoms with Crippen molar-refractivity contribution in [3.63, 3.8) is 0 Å². The van der Waals surface area contributed by atoms with E-state index in [1.54, 1.807) is 12.1 Å². The van der Waals surface area contributed by atoms with Crippen LogP contribution in [0.25, 0.3) is 0 Å². The van der Waals surface area contributed by atoms with Gasteiger partial charge in [0.15, 0.2) is 6.10 Å². The van der Waals surface area contributed by atoms with Crippen molar-refractivity contribution in [2.24, 2.45) is 5.73 Å². The lowest BCUT2D eigenvalue weighted by molar-refractivity contribution is -0.125. The van der Waals surface area contributed by atoms with E-state index in [0.29, 0.717) is 11.4 Å². The first-order chi connectivity index (χ1) is 8.97. The Bertz CT molecular complexity index is 559. The van der Waals surface area contributed by atoms with Crippen molar-refractivity contribution in [3.05, 3.63) is 23.8 Å². The van der Waals surface area contributed by atoms with Gasteiger partial charge in [-0.3, -0.25) is 9.59 Å². The number of rotatable bonds is 3. The summed E-state index contributed by atoms with van der Waals surface area (Å²) in [6, 6.07) is 4.83. The average molecular weight is 280 g/mol. The predicted octanol–water partition coefficient (Wildman–Crippen LogP) is 0.761. The first kappa shape index (κ1) is 13.4. The second-order valence-corrected chi connectivity index (χ2v) is 5.01. The molecule has 2 amide bonds. The minimum Gasteiger partial charge on any atom is -0.449 e. The van der Waals surface area contributed by atoms with Gasteiger partial charge < -0.3 is 15.8 Å². The number of hydrogen-bond acceptors (Lipinski definition) is 5. The van der Waals surface area contributed by atoms with Crippen LogP contribution in [0, 0.1) is 0 Å². The summed E-state index contributed by atoms with van der Waals surface area (Å²) in [4.78, 5) is 34.8. The number of hydrogen-bond donors (Lipinski definition) is 2. The molecule has 1 aromatic carbocycles. The molecule has 0 saturated heterocycles. The van der Waals surface area contributed by atoms with Gasteiger partial charge in [0.25, 0.3) is 5.91 Å². The number of ether oxygens (including phenoxy) is 1. The van der Waals surface area contributed by atoms with Gasteiger partial charge in [0, 0.05) is 4.90 Å². The molecule has 19 heavy (non-hydrogen) atoms. The average Bonchev–Trinajstić information content (AvgIpc) is 2.37. The summed E-state index contributed by atoms with van der Waals surface area (Å²) in [6.07, 6.45) is -0.993. The van der Waals surface area contributed by atoms with Crippen molar-refractivity contribution in [1.29, 1.82) is 0 Å². The monoisotopic (exact) mass is 280 g/mol. The van der Waals surface area contributed by atoms with Crippen LogP contribution in [0.3, 0.4) is 0 Å². The van der Waals surface area contributed by atoms with Gasteiger partial charge in [-0.2, -0.15) is 0 Å². The SMILES string of the molecule is C[C@H](OC(=O)c1ccc2c(c1)NC(=O)CS2)C(N)=O. The lowest BCUT2D eigenvalue weighted by atomic mass is 10.2. The normalized spacial score (nSPS) is 15.1. The summed E-state index contributed by atoms with van der Waals surface area (Å²) in [6.45, 7) is 1.40. The molecule has 1 aromatic rings. The van der Waals surface area contributed by atoms with Gasteiger partial charge in [0.2, 0.25) is 5.91 Å². The van der Waals surface area contributed by atoms with Crippen LogP contribution >= 0.6 is 11.8 Å². The Morgan fingerprint density at radius 3 is 2.89 bits per heavy atom. The van der Waals surface area contributed by atoms with E-state index >= 15 is 0 Å². The molecule has 0 bridgehead atoms. The Morgan fingerprint density at radius 1 is 1.47 bits per heavy atom. The number of amides is 2. The standard InChI is InChI=1S/C12H12N2O4S/c1-6(11(13)16)18-12(17)7-2-3-9-8(4-7)14-10(15)5-19-9/h2-4,6H,5H2,1H3,(H2,13,16)(H,14,15)/t6-/m0/s1. The third-order valence-electron chi connectivity index (χ3n) is 2.53. The number of benzene rings is 1. The van der Waals surface area contributed by atoms with Gasteiger partial charge in [-0.25, -0.2) is 4.79 Å². The topological polar surface area (TPSA) is 98.5 Å². The number of anilines is 1. The van der Waals surface area contributed by atoms with Crippen LogP contribution in [0.15, 0.2) is 23.1 Å². The van der Waals surface area contributed by atoms with E-state index in [-0.39, 0.29) is 11.5 Å². The number of carbonyl (C=O) groups excluding carboxylic acids is 3. The molecular weight excluding hydrogens is 268 g/mol. The fraction of sp³-hybridized carbons (Fsp3) is 0.250. The first-order valence-corrected chi connectivity index (χ1v) is 6.53. The van der Waals surface area contributed by atoms with Gasteiger partial charge in [0.05, 0.1) is 17.0 Å². The largest absolute Gasteiger partial charge is 0.449 e. The number of nitrogens with one attached hydrogen (secondary N) is 1. The molecule has 7 heteroatoms.